The van der Waals surface area contributed by atoms with Gasteiger partial charge in [0.15, 0.2) is 5.78 Å². The molecule has 0 spiro atoms. The van der Waals surface area contributed by atoms with Crippen LogP contribution in [-0.2, 0) is 6.54 Å². The predicted molar refractivity (Wildman–Crippen MR) is 105 cm³/mol. The number of nitrogens with zero attached hydrogens (tertiary/aromatic N) is 2. The highest BCUT2D eigenvalue weighted by Gasteiger charge is 2.21. The lowest BCUT2D eigenvalue weighted by Gasteiger charge is -2.16. The standard InChI is InChI=1S/C20H23N3O5/c1-11(2)13-5-6-15(16(7-13)12(3)4)18(24)10-22-9-14(23(27)28)8-17(19(21)25)20(22)26/h5-9,11-12H,10H2,1-4H3,(H2,21,25). The van der Waals surface area contributed by atoms with Gasteiger partial charge in [-0.2, -0.15) is 0 Å². The summed E-state index contributed by atoms with van der Waals surface area (Å²) in [5.74, 6) is -1.10. The molecule has 0 aliphatic rings. The van der Waals surface area contributed by atoms with Crippen molar-refractivity contribution in [3.63, 3.8) is 0 Å². The van der Waals surface area contributed by atoms with Crippen LogP contribution in [0.1, 0.15) is 71.4 Å². The molecule has 1 aromatic heterocycles. The molecule has 8 nitrogen and oxygen atoms in total. The fraction of sp³-hybridized carbons (Fsp3) is 0.350. The molecular formula is C20H23N3O5. The van der Waals surface area contributed by atoms with Crippen molar-refractivity contribution in [2.24, 2.45) is 5.73 Å². The second-order valence-electron chi connectivity index (χ2n) is 7.25. The number of benzene rings is 1. The van der Waals surface area contributed by atoms with Crippen LogP contribution < -0.4 is 11.3 Å². The summed E-state index contributed by atoms with van der Waals surface area (Å²) in [5, 5.41) is 11.1. The number of nitro groups is 1. The molecule has 0 aliphatic carbocycles. The van der Waals surface area contributed by atoms with Gasteiger partial charge in [-0.3, -0.25) is 24.5 Å². The Balaban J connectivity index is 2.52. The number of nitrogens with two attached hydrogens (primary N) is 1. The zero-order valence-corrected chi connectivity index (χ0v) is 16.3. The molecular weight excluding hydrogens is 362 g/mol. The number of aromatic nitrogens is 1. The van der Waals surface area contributed by atoms with E-state index in [-0.39, 0.29) is 11.7 Å². The van der Waals surface area contributed by atoms with Crippen molar-refractivity contribution in [1.82, 2.24) is 4.57 Å². The fourth-order valence-corrected chi connectivity index (χ4v) is 2.93. The average molecular weight is 385 g/mol. The molecule has 1 aromatic carbocycles. The highest BCUT2D eigenvalue weighted by molar-refractivity contribution is 5.98. The van der Waals surface area contributed by atoms with Crippen molar-refractivity contribution in [2.45, 2.75) is 46.1 Å². The third-order valence-electron chi connectivity index (χ3n) is 4.53. The summed E-state index contributed by atoms with van der Waals surface area (Å²) < 4.78 is 0.862. The van der Waals surface area contributed by atoms with E-state index in [0.717, 1.165) is 28.0 Å². The molecule has 0 atom stereocenters. The molecule has 2 rings (SSSR count). The Morgan fingerprint density at radius 3 is 2.25 bits per heavy atom. The van der Waals surface area contributed by atoms with Gasteiger partial charge in [0.2, 0.25) is 0 Å². The highest BCUT2D eigenvalue weighted by atomic mass is 16.6. The van der Waals surface area contributed by atoms with Crippen LogP contribution in [0.15, 0.2) is 35.3 Å². The number of pyridine rings is 1. The summed E-state index contributed by atoms with van der Waals surface area (Å²) in [6, 6.07) is 6.36. The number of rotatable bonds is 7. The molecule has 0 aliphatic heterocycles. The van der Waals surface area contributed by atoms with E-state index >= 15 is 0 Å². The molecule has 1 amide bonds. The maximum absolute atomic E-state index is 12.9. The molecule has 0 unspecified atom stereocenters. The number of amides is 1. The van der Waals surface area contributed by atoms with Crippen LogP contribution in [0.2, 0.25) is 0 Å². The largest absolute Gasteiger partial charge is 0.365 e. The minimum atomic E-state index is -1.08. The van der Waals surface area contributed by atoms with Gasteiger partial charge < -0.3 is 10.3 Å². The number of hydrogen-bond acceptors (Lipinski definition) is 5. The quantitative estimate of drug-likeness (QED) is 0.445. The molecule has 8 heteroatoms. The molecule has 0 saturated carbocycles. The molecule has 148 valence electrons. The summed E-state index contributed by atoms with van der Waals surface area (Å²) >= 11 is 0. The van der Waals surface area contributed by atoms with Crippen LogP contribution in [0.4, 0.5) is 5.69 Å². The minimum absolute atomic E-state index is 0.0701. The zero-order valence-electron chi connectivity index (χ0n) is 16.3. The predicted octanol–water partition coefficient (Wildman–Crippen LogP) is 2.99. The van der Waals surface area contributed by atoms with Crippen molar-refractivity contribution in [1.29, 1.82) is 0 Å². The van der Waals surface area contributed by atoms with E-state index in [9.17, 15) is 24.5 Å². The number of Topliss-reactive ketones (excluding diaryl/α,β-unsaturated/α-hetero) is 1. The maximum Gasteiger partial charge on any atom is 0.286 e. The number of primary amides is 1. The Labute approximate surface area is 162 Å². The molecule has 1 heterocycles. The van der Waals surface area contributed by atoms with E-state index < -0.39 is 34.2 Å². The first-order valence-corrected chi connectivity index (χ1v) is 8.88. The molecule has 0 saturated heterocycles. The minimum Gasteiger partial charge on any atom is -0.365 e. The summed E-state index contributed by atoms with van der Waals surface area (Å²) in [6.07, 6.45) is 0.949. The molecule has 28 heavy (non-hydrogen) atoms. The SMILES string of the molecule is CC(C)c1ccc(C(=O)Cn2cc([N+](=O)[O-])cc(C(N)=O)c2=O)c(C(C)C)c1. The van der Waals surface area contributed by atoms with Crippen molar-refractivity contribution in [3.8, 4) is 0 Å². The molecule has 0 radical (unpaired) electrons. The van der Waals surface area contributed by atoms with E-state index in [2.05, 4.69) is 13.8 Å². The third kappa shape index (κ3) is 4.33. The summed E-state index contributed by atoms with van der Waals surface area (Å²) in [5.41, 5.74) is 5.66. The van der Waals surface area contributed by atoms with Crippen molar-refractivity contribution in [3.05, 3.63) is 73.2 Å². The van der Waals surface area contributed by atoms with Gasteiger partial charge in [-0.15, -0.1) is 0 Å². The summed E-state index contributed by atoms with van der Waals surface area (Å²) in [4.78, 5) is 47.1. The third-order valence-corrected chi connectivity index (χ3v) is 4.53. The first-order valence-electron chi connectivity index (χ1n) is 8.88. The average Bonchev–Trinajstić information content (AvgIpc) is 2.62. The summed E-state index contributed by atoms with van der Waals surface area (Å²) in [7, 11) is 0. The van der Waals surface area contributed by atoms with Gasteiger partial charge in [-0.25, -0.2) is 0 Å². The van der Waals surface area contributed by atoms with Crippen LogP contribution in [0.3, 0.4) is 0 Å². The van der Waals surface area contributed by atoms with Crippen molar-refractivity contribution < 1.29 is 14.5 Å². The number of hydrogen-bond donors (Lipinski definition) is 1. The van der Waals surface area contributed by atoms with Crippen LogP contribution in [0.25, 0.3) is 0 Å². The van der Waals surface area contributed by atoms with Crippen LogP contribution in [0.5, 0.6) is 0 Å². The van der Waals surface area contributed by atoms with Crippen LogP contribution >= 0.6 is 0 Å². The van der Waals surface area contributed by atoms with Crippen LogP contribution in [0, 0.1) is 10.1 Å². The second kappa shape index (κ2) is 8.16. The lowest BCUT2D eigenvalue weighted by molar-refractivity contribution is -0.385. The molecule has 2 N–H and O–H groups in total. The van der Waals surface area contributed by atoms with Gasteiger partial charge in [0.1, 0.15) is 5.56 Å². The Bertz CT molecular complexity index is 1010. The van der Waals surface area contributed by atoms with E-state index in [4.69, 9.17) is 5.73 Å². The lowest BCUT2D eigenvalue weighted by atomic mass is 9.90. The van der Waals surface area contributed by atoms with Crippen molar-refractivity contribution >= 4 is 17.4 Å². The van der Waals surface area contributed by atoms with Crippen LogP contribution in [-0.4, -0.2) is 21.2 Å². The van der Waals surface area contributed by atoms with E-state index in [1.165, 1.54) is 0 Å². The lowest BCUT2D eigenvalue weighted by Crippen LogP contribution is -2.31. The smallest absolute Gasteiger partial charge is 0.286 e. The Kier molecular flexibility index (Phi) is 6.12. The molecule has 0 fully saturated rings. The topological polar surface area (TPSA) is 125 Å². The Hall–Kier alpha value is -3.29. The van der Waals surface area contributed by atoms with Gasteiger partial charge in [-0.05, 0) is 23.0 Å². The normalized spacial score (nSPS) is 11.1. The first-order chi connectivity index (χ1) is 13.0. The number of ketones is 1. The van der Waals surface area contributed by atoms with E-state index in [0.29, 0.717) is 11.5 Å². The molecule has 2 aromatic rings. The fourth-order valence-electron chi connectivity index (χ4n) is 2.93. The highest BCUT2D eigenvalue weighted by Crippen LogP contribution is 2.25. The van der Waals surface area contributed by atoms with Gasteiger partial charge in [0, 0.05) is 11.6 Å². The second-order valence-corrected chi connectivity index (χ2v) is 7.25. The maximum atomic E-state index is 12.9. The van der Waals surface area contributed by atoms with Gasteiger partial charge in [0.05, 0.1) is 17.7 Å². The summed E-state index contributed by atoms with van der Waals surface area (Å²) in [6.45, 7) is 7.59. The van der Waals surface area contributed by atoms with Gasteiger partial charge >= 0.3 is 0 Å². The van der Waals surface area contributed by atoms with Crippen molar-refractivity contribution in [2.75, 3.05) is 0 Å². The molecule has 0 bridgehead atoms. The number of carbonyl (C=O) groups is 2. The monoisotopic (exact) mass is 385 g/mol. The zero-order chi connectivity index (χ0) is 21.2. The Morgan fingerprint density at radius 2 is 1.75 bits per heavy atom. The van der Waals surface area contributed by atoms with E-state index in [1.807, 2.05) is 26.0 Å². The number of carbonyl (C=O) groups excluding carboxylic acids is 2. The Morgan fingerprint density at radius 1 is 1.11 bits per heavy atom. The van der Waals surface area contributed by atoms with E-state index in [1.54, 1.807) is 6.07 Å². The first kappa shape index (κ1) is 21.0. The van der Waals surface area contributed by atoms with Gasteiger partial charge in [-0.1, -0.05) is 45.9 Å². The van der Waals surface area contributed by atoms with Gasteiger partial charge in [0.25, 0.3) is 17.2 Å².